The highest BCUT2D eigenvalue weighted by Gasteiger charge is 2.22. The molecule has 0 atom stereocenters. The second kappa shape index (κ2) is 12.2. The molecule has 1 aliphatic heterocycles. The zero-order valence-corrected chi connectivity index (χ0v) is 18.7. The number of nitrogens with two attached hydrogens (primary N) is 1. The molecule has 7 heteroatoms. The highest BCUT2D eigenvalue weighted by atomic mass is 16.5. The van der Waals surface area contributed by atoms with Gasteiger partial charge < -0.3 is 25.4 Å². The Hall–Kier alpha value is -2.90. The molecule has 1 saturated heterocycles. The zero-order chi connectivity index (χ0) is 22.8. The van der Waals surface area contributed by atoms with Gasteiger partial charge in [-0.05, 0) is 69.1 Å². The quantitative estimate of drug-likeness (QED) is 0.525. The molecule has 2 aromatic rings. The van der Waals surface area contributed by atoms with E-state index < -0.39 is 0 Å². The topological polar surface area (TPSA) is 93.9 Å². The van der Waals surface area contributed by atoms with Crippen molar-refractivity contribution in [1.82, 2.24) is 4.90 Å². The van der Waals surface area contributed by atoms with Gasteiger partial charge >= 0.3 is 0 Å². The van der Waals surface area contributed by atoms with Gasteiger partial charge in [-0.2, -0.15) is 0 Å². The number of carbonyl (C=O) groups is 2. The van der Waals surface area contributed by atoms with E-state index in [9.17, 15) is 9.59 Å². The lowest BCUT2D eigenvalue weighted by Crippen LogP contribution is -2.39. The molecule has 7 nitrogen and oxygen atoms in total. The van der Waals surface area contributed by atoms with Gasteiger partial charge in [0.25, 0.3) is 5.91 Å². The molecule has 3 N–H and O–H groups in total. The Bertz CT molecular complexity index is 877. The third-order valence-electron chi connectivity index (χ3n) is 5.74. The fraction of sp³-hybridized carbons (Fsp3) is 0.440. The third-order valence-corrected chi connectivity index (χ3v) is 5.74. The fourth-order valence-electron chi connectivity index (χ4n) is 3.82. The Morgan fingerprint density at radius 1 is 1.06 bits per heavy atom. The summed E-state index contributed by atoms with van der Waals surface area (Å²) in [7, 11) is 0. The number of rotatable bonds is 11. The number of hydrogen-bond donors (Lipinski definition) is 2. The minimum absolute atomic E-state index is 0.0225. The van der Waals surface area contributed by atoms with Gasteiger partial charge in [-0.15, -0.1) is 0 Å². The van der Waals surface area contributed by atoms with Crippen LogP contribution >= 0.6 is 0 Å². The summed E-state index contributed by atoms with van der Waals surface area (Å²) in [6.07, 6.45) is 2.61. The molecule has 1 heterocycles. The van der Waals surface area contributed by atoms with Gasteiger partial charge in [-0.25, -0.2) is 0 Å². The van der Waals surface area contributed by atoms with Gasteiger partial charge in [0.2, 0.25) is 5.91 Å². The predicted molar refractivity (Wildman–Crippen MR) is 125 cm³/mol. The summed E-state index contributed by atoms with van der Waals surface area (Å²) in [6.45, 7) is 6.21. The van der Waals surface area contributed by atoms with E-state index in [1.807, 2.05) is 43.3 Å². The SMILES string of the molecule is CCOCCOc1ccccc1C(=O)Nc1ccc(CCN2CCC(C(N)=O)CC2)cc1. The molecule has 32 heavy (non-hydrogen) atoms. The van der Waals surface area contributed by atoms with Crippen LogP contribution < -0.4 is 15.8 Å². The summed E-state index contributed by atoms with van der Waals surface area (Å²) in [6, 6.07) is 15.1. The highest BCUT2D eigenvalue weighted by molar-refractivity contribution is 6.06. The average Bonchev–Trinajstić information content (AvgIpc) is 2.82. The standard InChI is InChI=1S/C25H33N3O4/c1-2-31-17-18-32-23-6-4-3-5-22(23)25(30)27-21-9-7-19(8-10-21)11-14-28-15-12-20(13-16-28)24(26)29/h3-10,20H,2,11-18H2,1H3,(H2,26,29)(H,27,30). The van der Waals surface area contributed by atoms with Crippen LogP contribution in [0.5, 0.6) is 5.75 Å². The van der Waals surface area contributed by atoms with Crippen molar-refractivity contribution in [1.29, 1.82) is 0 Å². The molecular formula is C25H33N3O4. The number of nitrogens with zero attached hydrogens (tertiary/aromatic N) is 1. The first-order chi connectivity index (χ1) is 15.6. The first-order valence-corrected chi connectivity index (χ1v) is 11.3. The van der Waals surface area contributed by atoms with Crippen LogP contribution in [0, 0.1) is 5.92 Å². The monoisotopic (exact) mass is 439 g/mol. The average molecular weight is 440 g/mol. The van der Waals surface area contributed by atoms with E-state index in [0.717, 1.165) is 44.6 Å². The number of nitrogens with one attached hydrogen (secondary N) is 1. The molecule has 0 unspecified atom stereocenters. The molecule has 1 fully saturated rings. The first-order valence-electron chi connectivity index (χ1n) is 11.3. The van der Waals surface area contributed by atoms with Gasteiger partial charge in [-0.3, -0.25) is 9.59 Å². The normalized spacial score (nSPS) is 14.8. The fourth-order valence-corrected chi connectivity index (χ4v) is 3.82. The maximum absolute atomic E-state index is 12.8. The molecule has 0 bridgehead atoms. The van der Waals surface area contributed by atoms with E-state index in [1.165, 1.54) is 5.56 Å². The Kier molecular flexibility index (Phi) is 9.07. The number of primary amides is 1. The van der Waals surface area contributed by atoms with E-state index in [1.54, 1.807) is 12.1 Å². The zero-order valence-electron chi connectivity index (χ0n) is 18.7. The number of piperidine rings is 1. The van der Waals surface area contributed by atoms with Crippen LogP contribution in [-0.4, -0.2) is 56.2 Å². The lowest BCUT2D eigenvalue weighted by Gasteiger charge is -2.30. The van der Waals surface area contributed by atoms with Crippen molar-refractivity contribution in [3.63, 3.8) is 0 Å². The number of hydrogen-bond acceptors (Lipinski definition) is 5. The Balaban J connectivity index is 1.48. The third kappa shape index (κ3) is 7.07. The summed E-state index contributed by atoms with van der Waals surface area (Å²) >= 11 is 0. The molecule has 0 spiro atoms. The summed E-state index contributed by atoms with van der Waals surface area (Å²) < 4.78 is 11.0. The Morgan fingerprint density at radius 2 is 1.78 bits per heavy atom. The molecule has 0 aliphatic carbocycles. The maximum atomic E-state index is 12.8. The van der Waals surface area contributed by atoms with E-state index in [4.69, 9.17) is 15.2 Å². The largest absolute Gasteiger partial charge is 0.490 e. The van der Waals surface area contributed by atoms with E-state index >= 15 is 0 Å². The van der Waals surface area contributed by atoms with Crippen molar-refractivity contribution in [3.8, 4) is 5.75 Å². The maximum Gasteiger partial charge on any atom is 0.259 e. The minimum atomic E-state index is -0.206. The number of ether oxygens (including phenoxy) is 2. The summed E-state index contributed by atoms with van der Waals surface area (Å²) in [5.41, 5.74) is 7.85. The highest BCUT2D eigenvalue weighted by Crippen LogP contribution is 2.21. The molecule has 2 aromatic carbocycles. The second-order valence-electron chi connectivity index (χ2n) is 7.96. The van der Waals surface area contributed by atoms with Crippen LogP contribution in [0.15, 0.2) is 48.5 Å². The summed E-state index contributed by atoms with van der Waals surface area (Å²) in [5, 5.41) is 2.94. The van der Waals surface area contributed by atoms with E-state index in [2.05, 4.69) is 10.2 Å². The van der Waals surface area contributed by atoms with Crippen molar-refractivity contribution >= 4 is 17.5 Å². The van der Waals surface area contributed by atoms with Crippen LogP contribution in [0.3, 0.4) is 0 Å². The van der Waals surface area contributed by atoms with Crippen molar-refractivity contribution in [2.75, 3.05) is 44.8 Å². The van der Waals surface area contributed by atoms with E-state index in [0.29, 0.717) is 31.1 Å². The molecule has 3 rings (SSSR count). The van der Waals surface area contributed by atoms with Crippen LogP contribution in [0.2, 0.25) is 0 Å². The molecule has 0 saturated carbocycles. The molecule has 172 valence electrons. The molecular weight excluding hydrogens is 406 g/mol. The molecule has 0 aromatic heterocycles. The van der Waals surface area contributed by atoms with Gasteiger partial charge in [0, 0.05) is 24.8 Å². The number of anilines is 1. The number of para-hydroxylation sites is 1. The van der Waals surface area contributed by atoms with Crippen LogP contribution in [0.1, 0.15) is 35.7 Å². The number of benzene rings is 2. The van der Waals surface area contributed by atoms with Gasteiger partial charge in [0.15, 0.2) is 0 Å². The first kappa shape index (κ1) is 23.8. The number of likely N-dealkylation sites (tertiary alicyclic amines) is 1. The van der Waals surface area contributed by atoms with Crippen LogP contribution in [0.4, 0.5) is 5.69 Å². The second-order valence-corrected chi connectivity index (χ2v) is 7.96. The number of carbonyl (C=O) groups excluding carboxylic acids is 2. The smallest absolute Gasteiger partial charge is 0.259 e. The Labute approximate surface area is 189 Å². The van der Waals surface area contributed by atoms with E-state index in [-0.39, 0.29) is 17.7 Å². The van der Waals surface area contributed by atoms with Gasteiger partial charge in [0.05, 0.1) is 12.2 Å². The molecule has 0 radical (unpaired) electrons. The summed E-state index contributed by atoms with van der Waals surface area (Å²) in [4.78, 5) is 26.4. The number of amides is 2. The lowest BCUT2D eigenvalue weighted by molar-refractivity contribution is -0.123. The van der Waals surface area contributed by atoms with Crippen molar-refractivity contribution in [2.24, 2.45) is 11.7 Å². The van der Waals surface area contributed by atoms with Crippen molar-refractivity contribution in [3.05, 3.63) is 59.7 Å². The predicted octanol–water partition coefficient (Wildman–Crippen LogP) is 3.09. The van der Waals surface area contributed by atoms with Crippen LogP contribution in [-0.2, 0) is 16.0 Å². The lowest BCUT2D eigenvalue weighted by atomic mass is 9.96. The van der Waals surface area contributed by atoms with Crippen molar-refractivity contribution in [2.45, 2.75) is 26.2 Å². The molecule has 1 aliphatic rings. The Morgan fingerprint density at radius 3 is 2.47 bits per heavy atom. The van der Waals surface area contributed by atoms with Gasteiger partial charge in [-0.1, -0.05) is 24.3 Å². The summed E-state index contributed by atoms with van der Waals surface area (Å²) in [5.74, 6) is 0.180. The van der Waals surface area contributed by atoms with Gasteiger partial charge in [0.1, 0.15) is 12.4 Å². The van der Waals surface area contributed by atoms with Crippen molar-refractivity contribution < 1.29 is 19.1 Å². The van der Waals surface area contributed by atoms with Crippen LogP contribution in [0.25, 0.3) is 0 Å². The minimum Gasteiger partial charge on any atom is -0.490 e. The molecule has 2 amide bonds.